The molecule has 4 aromatic heterocycles. The first kappa shape index (κ1) is 28.7. The van der Waals surface area contributed by atoms with Crippen molar-refractivity contribution in [2.45, 2.75) is 33.9 Å². The number of anilines is 3. The van der Waals surface area contributed by atoms with E-state index >= 15 is 0 Å². The average molecular weight is 532 g/mol. The molecular formula is C29H41N9O. The van der Waals surface area contributed by atoms with Crippen LogP contribution in [0.1, 0.15) is 36.2 Å². The molecule has 10 nitrogen and oxygen atoms in total. The number of nitrogens with zero attached hydrogens (tertiary/aromatic N) is 6. The molecule has 39 heavy (non-hydrogen) atoms. The summed E-state index contributed by atoms with van der Waals surface area (Å²) in [7, 11) is 1.57. The normalized spacial score (nSPS) is 9.85. The van der Waals surface area contributed by atoms with Gasteiger partial charge in [0.1, 0.15) is 17.5 Å². The summed E-state index contributed by atoms with van der Waals surface area (Å²) in [5.41, 5.74) is 2.23. The molecule has 0 radical (unpaired) electrons. The molecule has 3 N–H and O–H groups in total. The molecular weight excluding hydrogens is 490 g/mol. The second-order valence-electron chi connectivity index (χ2n) is 7.85. The van der Waals surface area contributed by atoms with Crippen LogP contribution in [0, 0.1) is 0 Å². The van der Waals surface area contributed by atoms with Crippen LogP contribution in [0.3, 0.4) is 0 Å². The van der Waals surface area contributed by atoms with Gasteiger partial charge in [0.15, 0.2) is 0 Å². The third-order valence-electron chi connectivity index (χ3n) is 5.22. The zero-order valence-corrected chi connectivity index (χ0v) is 22.8. The molecule has 0 saturated carbocycles. The second kappa shape index (κ2) is 16.1. The maximum Gasteiger partial charge on any atom is 0.233 e. The van der Waals surface area contributed by atoms with Crippen molar-refractivity contribution in [3.05, 3.63) is 97.1 Å². The molecule has 4 heterocycles. The lowest BCUT2D eigenvalue weighted by atomic mass is 10.1. The molecule has 10 heteroatoms. The lowest BCUT2D eigenvalue weighted by molar-refractivity contribution is 0.396. The third kappa shape index (κ3) is 9.19. The van der Waals surface area contributed by atoms with Gasteiger partial charge < -0.3 is 20.7 Å². The first-order valence-corrected chi connectivity index (χ1v) is 12.9. The molecule has 0 aliphatic carbocycles. The molecule has 0 bridgehead atoms. The number of nitrogens with one attached hydrogen (secondary N) is 3. The van der Waals surface area contributed by atoms with Crippen LogP contribution in [-0.4, -0.2) is 43.6 Å². The maximum atomic E-state index is 5.05. The fourth-order valence-electron chi connectivity index (χ4n) is 3.45. The number of aromatic nitrogens is 6. The van der Waals surface area contributed by atoms with E-state index in [0.717, 1.165) is 34.7 Å². The fraction of sp³-hybridized carbons (Fsp3) is 0.241. The molecule has 1 aromatic carbocycles. The summed E-state index contributed by atoms with van der Waals surface area (Å²) in [6, 6.07) is 12.1. The van der Waals surface area contributed by atoms with E-state index in [2.05, 4.69) is 58.0 Å². The van der Waals surface area contributed by atoms with E-state index in [0.29, 0.717) is 24.8 Å². The lowest BCUT2D eigenvalue weighted by Crippen LogP contribution is -2.05. The van der Waals surface area contributed by atoms with Crippen molar-refractivity contribution in [3.8, 4) is 5.88 Å². The van der Waals surface area contributed by atoms with Gasteiger partial charge in [0.25, 0.3) is 0 Å². The van der Waals surface area contributed by atoms with Crippen LogP contribution in [0.15, 0.2) is 86.0 Å². The Morgan fingerprint density at radius 1 is 0.692 bits per heavy atom. The molecule has 0 aliphatic rings. The van der Waals surface area contributed by atoms with Gasteiger partial charge in [0.2, 0.25) is 5.88 Å². The topological polar surface area (TPSA) is 123 Å². The Balaban J connectivity index is 0.000000715. The summed E-state index contributed by atoms with van der Waals surface area (Å²) in [4.78, 5) is 25.1. The van der Waals surface area contributed by atoms with E-state index in [4.69, 9.17) is 4.74 Å². The second-order valence-corrected chi connectivity index (χ2v) is 7.85. The smallest absolute Gasteiger partial charge is 0.233 e. The predicted octanol–water partition coefficient (Wildman–Crippen LogP) is 6.33. The van der Waals surface area contributed by atoms with Crippen molar-refractivity contribution in [3.63, 3.8) is 0 Å². The van der Waals surface area contributed by atoms with Gasteiger partial charge in [0.05, 0.1) is 31.9 Å². The number of hydrogen-bond donors (Lipinski definition) is 3. The van der Waals surface area contributed by atoms with E-state index in [9.17, 15) is 0 Å². The third-order valence-corrected chi connectivity index (χ3v) is 5.22. The van der Waals surface area contributed by atoms with Crippen molar-refractivity contribution >= 4 is 28.2 Å². The van der Waals surface area contributed by atoms with Crippen LogP contribution >= 0.6 is 0 Å². The van der Waals surface area contributed by atoms with Gasteiger partial charge in [-0.15, -0.1) is 0 Å². The highest BCUT2D eigenvalue weighted by atomic mass is 16.5. The summed E-state index contributed by atoms with van der Waals surface area (Å²) < 4.78 is 5.05. The van der Waals surface area contributed by atoms with Gasteiger partial charge in [-0.1, -0.05) is 44.2 Å². The molecule has 0 atom stereocenters. The number of methoxy groups -OCH3 is 1. The van der Waals surface area contributed by atoms with Gasteiger partial charge in [-0.25, -0.2) is 4.98 Å². The number of hydrogen-bond acceptors (Lipinski definition) is 10. The van der Waals surface area contributed by atoms with Crippen molar-refractivity contribution < 1.29 is 9.02 Å². The van der Waals surface area contributed by atoms with Gasteiger partial charge in [0, 0.05) is 54.1 Å². The first-order chi connectivity index (χ1) is 19.2. The Bertz CT molecular complexity index is 1410. The monoisotopic (exact) mass is 531 g/mol. The molecule has 0 saturated heterocycles. The van der Waals surface area contributed by atoms with E-state index in [1.165, 1.54) is 5.39 Å². The molecule has 0 amide bonds. The molecule has 208 valence electrons. The first-order valence-electron chi connectivity index (χ1n) is 12.9. The van der Waals surface area contributed by atoms with Crippen LogP contribution in [-0.2, 0) is 13.1 Å². The Morgan fingerprint density at radius 3 is 2.13 bits per heavy atom. The van der Waals surface area contributed by atoms with Crippen LogP contribution in [0.5, 0.6) is 5.88 Å². The minimum Gasteiger partial charge on any atom is -0.480 e. The summed E-state index contributed by atoms with van der Waals surface area (Å²) in [6.45, 7) is 8.19. The predicted molar refractivity (Wildman–Crippen MR) is 163 cm³/mol. The largest absolute Gasteiger partial charge is 0.480 e. The Labute approximate surface area is 233 Å². The molecule has 5 rings (SSSR count). The van der Waals surface area contributed by atoms with E-state index < -0.39 is 0 Å². The van der Waals surface area contributed by atoms with E-state index in [1.807, 2.05) is 63.6 Å². The summed E-state index contributed by atoms with van der Waals surface area (Å²) in [6.07, 6.45) is 14.0. The quantitative estimate of drug-likeness (QED) is 0.199. The molecule has 0 fully saturated rings. The van der Waals surface area contributed by atoms with Crippen LogP contribution < -0.4 is 20.7 Å². The van der Waals surface area contributed by atoms with E-state index in [1.54, 1.807) is 38.1 Å². The highest BCUT2D eigenvalue weighted by Crippen LogP contribution is 2.18. The lowest BCUT2D eigenvalue weighted by Gasteiger charge is -2.08. The average Bonchev–Trinajstić information content (AvgIpc) is 3.01. The van der Waals surface area contributed by atoms with Crippen LogP contribution in [0.4, 0.5) is 17.5 Å². The molecule has 0 unspecified atom stereocenters. The van der Waals surface area contributed by atoms with Crippen molar-refractivity contribution in [1.82, 2.24) is 29.9 Å². The number of rotatable bonds is 9. The number of benzene rings is 1. The SMILES string of the molecule is CC.CCNc1cncc(NCc2cccnc2)n1.COc1cncc(NCc2cncc3ccccc23)n1.[HH].[HH].[HH]. The van der Waals surface area contributed by atoms with Crippen LogP contribution in [0.2, 0.25) is 0 Å². The summed E-state index contributed by atoms with van der Waals surface area (Å²) in [5, 5.41) is 11.9. The molecule has 5 aromatic rings. The minimum atomic E-state index is 0. The summed E-state index contributed by atoms with van der Waals surface area (Å²) >= 11 is 0. The highest BCUT2D eigenvalue weighted by molar-refractivity contribution is 5.84. The molecule has 0 aliphatic heterocycles. The van der Waals surface area contributed by atoms with Gasteiger partial charge in [-0.05, 0) is 29.5 Å². The summed E-state index contributed by atoms with van der Waals surface area (Å²) in [5.74, 6) is 2.71. The van der Waals surface area contributed by atoms with Gasteiger partial charge in [-0.2, -0.15) is 4.98 Å². The maximum absolute atomic E-state index is 5.05. The Kier molecular flexibility index (Phi) is 11.8. The molecule has 0 spiro atoms. The Morgan fingerprint density at radius 2 is 1.38 bits per heavy atom. The zero-order chi connectivity index (χ0) is 27.7. The van der Waals surface area contributed by atoms with Crippen molar-refractivity contribution in [2.24, 2.45) is 0 Å². The fourth-order valence-corrected chi connectivity index (χ4v) is 3.45. The van der Waals surface area contributed by atoms with Gasteiger partial charge >= 0.3 is 0 Å². The van der Waals surface area contributed by atoms with Crippen molar-refractivity contribution in [1.29, 1.82) is 0 Å². The Hall–Kier alpha value is -4.86. The number of ether oxygens (including phenoxy) is 1. The highest BCUT2D eigenvalue weighted by Gasteiger charge is 2.03. The zero-order valence-electron chi connectivity index (χ0n) is 22.8. The number of fused-ring (bicyclic) bond motifs is 1. The van der Waals surface area contributed by atoms with Crippen LogP contribution in [0.25, 0.3) is 10.8 Å². The standard InChI is InChI=1S/C15H14N4O.C12H15N5.C2H6.3H2/c1-20-15-10-17-9-14(19-15)18-8-12-7-16-6-11-4-2-3-5-13(11)12;1-2-15-11-8-14-9-12(17-11)16-7-10-4-3-5-13-6-10;1-2;;;/h2-7,9-10H,8H2,1H3,(H,18,19);3-6,8-9H,2,7H2,1H3,(H2,15,16,17);1-2H3;3*1H. The van der Waals surface area contributed by atoms with E-state index in [-0.39, 0.29) is 4.28 Å². The number of pyridine rings is 2. The van der Waals surface area contributed by atoms with Crippen molar-refractivity contribution in [2.75, 3.05) is 29.6 Å². The minimum absolute atomic E-state index is 0. The van der Waals surface area contributed by atoms with Gasteiger partial charge in [-0.3, -0.25) is 19.9 Å².